The van der Waals surface area contributed by atoms with Gasteiger partial charge in [0.25, 0.3) is 5.56 Å². The van der Waals surface area contributed by atoms with Crippen molar-refractivity contribution in [3.63, 3.8) is 0 Å². The van der Waals surface area contributed by atoms with Crippen molar-refractivity contribution in [3.05, 3.63) is 26.7 Å². The van der Waals surface area contributed by atoms with Gasteiger partial charge < -0.3 is 4.74 Å². The van der Waals surface area contributed by atoms with Crippen LogP contribution >= 0.6 is 0 Å². The van der Waals surface area contributed by atoms with Crippen molar-refractivity contribution in [2.45, 2.75) is 12.3 Å². The van der Waals surface area contributed by atoms with Gasteiger partial charge in [-0.25, -0.2) is 14.3 Å². The predicted octanol–water partition coefficient (Wildman–Crippen LogP) is -1.65. The van der Waals surface area contributed by atoms with Gasteiger partial charge in [-0.05, 0) is 6.42 Å². The van der Waals surface area contributed by atoms with E-state index in [1.807, 2.05) is 0 Å². The third kappa shape index (κ3) is 1.84. The summed E-state index contributed by atoms with van der Waals surface area (Å²) >= 11 is 0. The maximum atomic E-state index is 12.1. The highest BCUT2D eigenvalue weighted by molar-refractivity contribution is 5.63. The summed E-state index contributed by atoms with van der Waals surface area (Å²) in [6, 6.07) is 0. The molecule has 19 heavy (non-hydrogen) atoms. The van der Waals surface area contributed by atoms with Crippen molar-refractivity contribution in [1.29, 1.82) is 0 Å². The zero-order valence-corrected chi connectivity index (χ0v) is 10.7. The molecule has 1 fully saturated rings. The van der Waals surface area contributed by atoms with Crippen LogP contribution in [0.5, 0.6) is 0 Å². The zero-order chi connectivity index (χ0) is 13.6. The predicted molar refractivity (Wildman–Crippen MR) is 64.8 cm³/mol. The lowest BCUT2D eigenvalue weighted by molar-refractivity contribution is -0.708. The van der Waals surface area contributed by atoms with Crippen LogP contribution in [-0.4, -0.2) is 32.8 Å². The molecule has 1 unspecified atom stereocenters. The molecule has 100 valence electrons. The molecule has 0 spiro atoms. The number of nitrogens with one attached hydrogen (secondary N) is 1. The summed E-state index contributed by atoms with van der Waals surface area (Å²) in [5.41, 5.74) is -0.345. The van der Waals surface area contributed by atoms with Crippen LogP contribution in [0.3, 0.4) is 0 Å². The number of aromatic amines is 1. The Bertz CT molecular complexity index is 757. The van der Waals surface area contributed by atoms with E-state index in [1.165, 1.54) is 11.7 Å². The van der Waals surface area contributed by atoms with Gasteiger partial charge in [0.15, 0.2) is 5.82 Å². The van der Waals surface area contributed by atoms with E-state index in [2.05, 4.69) is 15.1 Å². The highest BCUT2D eigenvalue weighted by Crippen LogP contribution is 2.21. The number of aryl methyl sites for hydroxylation is 1. The molecule has 0 radical (unpaired) electrons. The Hall–Kier alpha value is -2.09. The molecular formula is C11H14N5O3+. The first-order valence-electron chi connectivity index (χ1n) is 6.03. The largest absolute Gasteiger partial charge is 0.416 e. The number of nitrogens with zero attached hydrogens (tertiary/aromatic N) is 4. The second-order valence-corrected chi connectivity index (χ2v) is 4.65. The van der Waals surface area contributed by atoms with Gasteiger partial charge >= 0.3 is 11.3 Å². The number of hydrogen-bond acceptors (Lipinski definition) is 5. The van der Waals surface area contributed by atoms with E-state index in [-0.39, 0.29) is 11.4 Å². The molecule has 2 aromatic heterocycles. The third-order valence-electron chi connectivity index (χ3n) is 3.36. The molecule has 3 rings (SSSR count). The highest BCUT2D eigenvalue weighted by atomic mass is 16.5. The van der Waals surface area contributed by atoms with E-state index in [9.17, 15) is 9.59 Å². The standard InChI is InChI=1S/C11H13N5O3/c1-15-10(17)7-9(13-11(15)18)16(2)14-8(12-7)6-3-4-19-5-6/h6H,3-5H2,1-2H3/p+1. The summed E-state index contributed by atoms with van der Waals surface area (Å²) in [5.74, 6) is 0.684. The van der Waals surface area contributed by atoms with Crippen molar-refractivity contribution in [2.75, 3.05) is 13.2 Å². The van der Waals surface area contributed by atoms with Crippen LogP contribution in [0.1, 0.15) is 18.2 Å². The molecule has 1 aliphatic rings. The molecule has 3 heterocycles. The van der Waals surface area contributed by atoms with Gasteiger partial charge in [0.1, 0.15) is 7.05 Å². The van der Waals surface area contributed by atoms with Crippen LogP contribution < -0.4 is 15.9 Å². The molecule has 0 amide bonds. The minimum absolute atomic E-state index is 0.104. The maximum absolute atomic E-state index is 12.1. The van der Waals surface area contributed by atoms with Crippen LogP contribution in [0.15, 0.2) is 9.59 Å². The summed E-state index contributed by atoms with van der Waals surface area (Å²) in [4.78, 5) is 30.5. The Morgan fingerprint density at radius 2 is 2.26 bits per heavy atom. The summed E-state index contributed by atoms with van der Waals surface area (Å²) in [6.45, 7) is 1.24. The molecule has 2 aromatic rings. The minimum atomic E-state index is -0.478. The smallest absolute Gasteiger partial charge is 0.381 e. The lowest BCUT2D eigenvalue weighted by Crippen LogP contribution is -2.43. The number of rotatable bonds is 1. The summed E-state index contributed by atoms with van der Waals surface area (Å²) in [7, 11) is 3.10. The quantitative estimate of drug-likeness (QED) is 0.622. The van der Waals surface area contributed by atoms with E-state index >= 15 is 0 Å². The van der Waals surface area contributed by atoms with Crippen LogP contribution in [0.25, 0.3) is 11.2 Å². The number of aromatic nitrogens is 5. The van der Waals surface area contributed by atoms with Crippen LogP contribution in [0, 0.1) is 0 Å². The lowest BCUT2D eigenvalue weighted by atomic mass is 10.1. The van der Waals surface area contributed by atoms with Crippen LogP contribution in [0.2, 0.25) is 0 Å². The second kappa shape index (κ2) is 4.23. The van der Waals surface area contributed by atoms with Crippen LogP contribution in [-0.2, 0) is 18.8 Å². The van der Waals surface area contributed by atoms with Crippen molar-refractivity contribution >= 4 is 11.2 Å². The summed E-state index contributed by atoms with van der Waals surface area (Å²) in [6.07, 6.45) is 0.842. The highest BCUT2D eigenvalue weighted by Gasteiger charge is 2.25. The normalized spacial score (nSPS) is 19.2. The Kier molecular flexibility index (Phi) is 2.67. The van der Waals surface area contributed by atoms with E-state index in [1.54, 1.807) is 7.05 Å². The Labute approximate surface area is 107 Å². The first-order chi connectivity index (χ1) is 9.08. The monoisotopic (exact) mass is 264 g/mol. The average Bonchev–Trinajstić information content (AvgIpc) is 2.91. The number of fused-ring (bicyclic) bond motifs is 1. The zero-order valence-electron chi connectivity index (χ0n) is 10.7. The Balaban J connectivity index is 2.30. The number of hydrogen-bond donors (Lipinski definition) is 1. The molecule has 1 N–H and O–H groups in total. The fourth-order valence-corrected chi connectivity index (χ4v) is 2.18. The maximum Gasteiger partial charge on any atom is 0.416 e. The van der Waals surface area contributed by atoms with Gasteiger partial charge in [0.2, 0.25) is 5.52 Å². The molecule has 1 aliphatic heterocycles. The molecule has 0 aromatic carbocycles. The molecule has 8 heteroatoms. The van der Waals surface area contributed by atoms with Gasteiger partial charge in [0.05, 0.1) is 6.61 Å². The molecule has 1 atom stereocenters. The molecule has 0 bridgehead atoms. The molecule has 8 nitrogen and oxygen atoms in total. The Morgan fingerprint density at radius 3 is 2.95 bits per heavy atom. The van der Waals surface area contributed by atoms with Crippen LogP contribution in [0.4, 0.5) is 0 Å². The Morgan fingerprint density at radius 1 is 1.47 bits per heavy atom. The lowest BCUT2D eigenvalue weighted by Gasteiger charge is -2.05. The van der Waals surface area contributed by atoms with E-state index in [4.69, 9.17) is 4.74 Å². The van der Waals surface area contributed by atoms with Gasteiger partial charge in [-0.1, -0.05) is 5.10 Å². The van der Waals surface area contributed by atoms with Crippen molar-refractivity contribution < 1.29 is 9.42 Å². The fourth-order valence-electron chi connectivity index (χ4n) is 2.18. The van der Waals surface area contributed by atoms with E-state index in [0.717, 1.165) is 11.0 Å². The van der Waals surface area contributed by atoms with E-state index in [0.29, 0.717) is 24.7 Å². The number of ether oxygens (including phenoxy) is 1. The SMILES string of the molecule is Cn1c(=O)[nH]c2c(nc(C3CCOC3)n[n+]2C)c1=O. The first-order valence-corrected chi connectivity index (χ1v) is 6.03. The fraction of sp³-hybridized carbons (Fsp3) is 0.545. The summed E-state index contributed by atoms with van der Waals surface area (Å²) in [5, 5.41) is 4.30. The minimum Gasteiger partial charge on any atom is -0.381 e. The topological polar surface area (TPSA) is 93.8 Å². The van der Waals surface area contributed by atoms with Gasteiger partial charge in [-0.15, -0.1) is 4.68 Å². The second-order valence-electron chi connectivity index (χ2n) is 4.65. The molecule has 0 saturated carbocycles. The third-order valence-corrected chi connectivity index (χ3v) is 3.36. The molecular weight excluding hydrogens is 250 g/mol. The van der Waals surface area contributed by atoms with Gasteiger partial charge in [0, 0.05) is 19.6 Å². The average molecular weight is 264 g/mol. The molecule has 0 aliphatic carbocycles. The summed E-state index contributed by atoms with van der Waals surface area (Å²) < 4.78 is 7.80. The molecule has 1 saturated heterocycles. The van der Waals surface area contributed by atoms with Crippen molar-refractivity contribution in [1.82, 2.24) is 19.6 Å². The number of H-pyrrole nitrogens is 1. The first kappa shape index (κ1) is 12.0. The van der Waals surface area contributed by atoms with Gasteiger partial charge in [-0.2, -0.15) is 4.98 Å². The van der Waals surface area contributed by atoms with Gasteiger partial charge in [-0.3, -0.25) is 4.79 Å². The van der Waals surface area contributed by atoms with Crippen molar-refractivity contribution in [2.24, 2.45) is 14.1 Å². The van der Waals surface area contributed by atoms with E-state index < -0.39 is 11.2 Å². The van der Waals surface area contributed by atoms with Crippen molar-refractivity contribution in [3.8, 4) is 0 Å².